The number of H-pyrrole nitrogens is 1. The second kappa shape index (κ2) is 13.1. The Hall–Kier alpha value is -3.40. The summed E-state index contributed by atoms with van der Waals surface area (Å²) < 4.78 is 0. The zero-order chi connectivity index (χ0) is 27.0. The molecule has 0 aliphatic rings. The van der Waals surface area contributed by atoms with Crippen molar-refractivity contribution in [2.45, 2.75) is 78.0 Å². The summed E-state index contributed by atoms with van der Waals surface area (Å²) in [6.07, 6.45) is 2.72. The molecule has 1 heterocycles. The van der Waals surface area contributed by atoms with E-state index in [1.807, 2.05) is 52.0 Å². The quantitative estimate of drug-likeness (QED) is 0.244. The molecular weight excluding hydrogens is 462 g/mol. The van der Waals surface area contributed by atoms with Gasteiger partial charge in [-0.15, -0.1) is 0 Å². The molecule has 36 heavy (non-hydrogen) atoms. The molecule has 1 aromatic heterocycles. The number of carbonyl (C=O) groups excluding carboxylic acids is 3. The summed E-state index contributed by atoms with van der Waals surface area (Å²) in [5, 5.41) is 18.7. The number of hydrogen-bond donors (Lipinski definition) is 6. The summed E-state index contributed by atoms with van der Waals surface area (Å²) in [7, 11) is 0. The molecule has 5 unspecified atom stereocenters. The number of aromatic nitrogens is 1. The average Bonchev–Trinajstić information content (AvgIpc) is 3.23. The number of aliphatic carboxylic acids is 1. The average molecular weight is 502 g/mol. The topological polar surface area (TPSA) is 166 Å². The third-order valence-corrected chi connectivity index (χ3v) is 6.26. The van der Waals surface area contributed by atoms with Crippen molar-refractivity contribution < 1.29 is 24.3 Å². The van der Waals surface area contributed by atoms with Crippen molar-refractivity contribution >= 4 is 34.6 Å². The molecular formula is C26H39N5O5. The fourth-order valence-corrected chi connectivity index (χ4v) is 3.94. The third kappa shape index (κ3) is 7.81. The van der Waals surface area contributed by atoms with Gasteiger partial charge >= 0.3 is 5.97 Å². The van der Waals surface area contributed by atoms with Gasteiger partial charge in [-0.3, -0.25) is 14.4 Å². The van der Waals surface area contributed by atoms with E-state index in [2.05, 4.69) is 20.9 Å². The molecule has 0 saturated heterocycles. The molecule has 7 N–H and O–H groups in total. The van der Waals surface area contributed by atoms with Crippen molar-refractivity contribution in [1.82, 2.24) is 20.9 Å². The predicted octanol–water partition coefficient (Wildman–Crippen LogP) is 1.69. The number of benzene rings is 1. The van der Waals surface area contributed by atoms with Crippen molar-refractivity contribution in [3.63, 3.8) is 0 Å². The molecule has 2 rings (SSSR count). The van der Waals surface area contributed by atoms with Crippen molar-refractivity contribution in [2.24, 2.45) is 17.6 Å². The Morgan fingerprint density at radius 3 is 2.17 bits per heavy atom. The lowest BCUT2D eigenvalue weighted by molar-refractivity contribution is -0.142. The number of aromatic amines is 1. The fraction of sp³-hybridized carbons (Fsp3) is 0.538. The number of nitrogens with two attached hydrogens (primary N) is 1. The van der Waals surface area contributed by atoms with Crippen LogP contribution >= 0.6 is 0 Å². The zero-order valence-corrected chi connectivity index (χ0v) is 21.6. The van der Waals surface area contributed by atoms with Crippen molar-refractivity contribution in [2.75, 3.05) is 0 Å². The number of para-hydroxylation sites is 1. The molecule has 1 aromatic carbocycles. The van der Waals surface area contributed by atoms with Crippen LogP contribution in [0.5, 0.6) is 0 Å². The predicted molar refractivity (Wildman–Crippen MR) is 138 cm³/mol. The van der Waals surface area contributed by atoms with E-state index >= 15 is 0 Å². The second-order valence-corrected chi connectivity index (χ2v) is 9.81. The number of hydrogen-bond acceptors (Lipinski definition) is 5. The van der Waals surface area contributed by atoms with Gasteiger partial charge in [-0.2, -0.15) is 0 Å². The lowest BCUT2D eigenvalue weighted by Crippen LogP contribution is -2.58. The first-order valence-electron chi connectivity index (χ1n) is 12.4. The maximum Gasteiger partial charge on any atom is 0.326 e. The van der Waals surface area contributed by atoms with Crippen molar-refractivity contribution in [3.8, 4) is 0 Å². The minimum absolute atomic E-state index is 0.0404. The van der Waals surface area contributed by atoms with Gasteiger partial charge in [-0.25, -0.2) is 4.79 Å². The Bertz CT molecular complexity index is 1060. The van der Waals surface area contributed by atoms with E-state index in [0.29, 0.717) is 12.8 Å². The molecule has 0 bridgehead atoms. The molecule has 0 radical (unpaired) electrons. The fourth-order valence-electron chi connectivity index (χ4n) is 3.94. The Labute approximate surface area is 211 Å². The maximum atomic E-state index is 13.2. The first kappa shape index (κ1) is 28.8. The molecule has 0 spiro atoms. The normalized spacial score (nSPS) is 15.5. The van der Waals surface area contributed by atoms with Crippen LogP contribution in [0.1, 0.15) is 53.0 Å². The minimum atomic E-state index is -1.19. The van der Waals surface area contributed by atoms with E-state index in [9.17, 15) is 24.3 Å². The van der Waals surface area contributed by atoms with Crippen LogP contribution in [0, 0.1) is 11.8 Å². The van der Waals surface area contributed by atoms with Crippen LogP contribution in [0.15, 0.2) is 30.5 Å². The maximum absolute atomic E-state index is 13.2. The monoisotopic (exact) mass is 501 g/mol. The molecule has 10 heteroatoms. The highest BCUT2D eigenvalue weighted by molar-refractivity contribution is 5.94. The van der Waals surface area contributed by atoms with Gasteiger partial charge in [-0.1, -0.05) is 52.3 Å². The van der Waals surface area contributed by atoms with Gasteiger partial charge in [0.15, 0.2) is 0 Å². The van der Waals surface area contributed by atoms with Crippen LogP contribution < -0.4 is 21.7 Å². The molecule has 0 aliphatic carbocycles. The van der Waals surface area contributed by atoms with Gasteiger partial charge in [0, 0.05) is 23.5 Å². The number of carboxylic acid groups (broad SMARTS) is 1. The van der Waals surface area contributed by atoms with Crippen LogP contribution in [0.2, 0.25) is 0 Å². The third-order valence-electron chi connectivity index (χ3n) is 6.26. The smallest absolute Gasteiger partial charge is 0.326 e. The van der Waals surface area contributed by atoms with Gasteiger partial charge in [0.2, 0.25) is 17.7 Å². The lowest BCUT2D eigenvalue weighted by Gasteiger charge is -2.28. The highest BCUT2D eigenvalue weighted by Crippen LogP contribution is 2.19. The summed E-state index contributed by atoms with van der Waals surface area (Å²) in [6.45, 7) is 9.04. The molecule has 5 atom stereocenters. The highest BCUT2D eigenvalue weighted by Gasteiger charge is 2.32. The van der Waals surface area contributed by atoms with Crippen LogP contribution in [0.25, 0.3) is 10.9 Å². The SMILES string of the molecule is CCC(C)C(NC(=O)C(C)N)C(=O)NC(CC(C)C)C(=O)NC(Cc1c[nH]c2ccccc12)C(=O)O. The molecule has 2 aromatic rings. The summed E-state index contributed by atoms with van der Waals surface area (Å²) in [5.41, 5.74) is 7.28. The number of carboxylic acids is 1. The van der Waals surface area contributed by atoms with E-state index in [1.165, 1.54) is 6.92 Å². The number of fused-ring (bicyclic) bond motifs is 1. The Kier molecular flexibility index (Phi) is 10.5. The Morgan fingerprint density at radius 1 is 0.944 bits per heavy atom. The minimum Gasteiger partial charge on any atom is -0.480 e. The highest BCUT2D eigenvalue weighted by atomic mass is 16.4. The van der Waals surface area contributed by atoms with Crippen LogP contribution in [0.3, 0.4) is 0 Å². The van der Waals surface area contributed by atoms with E-state index in [-0.39, 0.29) is 18.3 Å². The van der Waals surface area contributed by atoms with Gasteiger partial charge in [0.25, 0.3) is 0 Å². The summed E-state index contributed by atoms with van der Waals surface area (Å²) in [6, 6.07) is 3.68. The van der Waals surface area contributed by atoms with Gasteiger partial charge in [0.05, 0.1) is 6.04 Å². The van der Waals surface area contributed by atoms with E-state index < -0.39 is 47.9 Å². The zero-order valence-electron chi connectivity index (χ0n) is 21.6. The molecule has 0 fully saturated rings. The van der Waals surface area contributed by atoms with Crippen LogP contribution in [-0.2, 0) is 25.6 Å². The van der Waals surface area contributed by atoms with Gasteiger partial charge in [-0.05, 0) is 36.8 Å². The Balaban J connectivity index is 2.20. The second-order valence-electron chi connectivity index (χ2n) is 9.81. The Morgan fingerprint density at radius 2 is 1.58 bits per heavy atom. The first-order valence-corrected chi connectivity index (χ1v) is 12.4. The van der Waals surface area contributed by atoms with Gasteiger partial charge in [0.1, 0.15) is 18.1 Å². The largest absolute Gasteiger partial charge is 0.480 e. The number of nitrogens with one attached hydrogen (secondary N) is 4. The summed E-state index contributed by atoms with van der Waals surface area (Å²) in [5.74, 6) is -2.91. The summed E-state index contributed by atoms with van der Waals surface area (Å²) in [4.78, 5) is 53.7. The van der Waals surface area contributed by atoms with Gasteiger partial charge < -0.3 is 31.8 Å². The number of carbonyl (C=O) groups is 4. The van der Waals surface area contributed by atoms with Crippen molar-refractivity contribution in [3.05, 3.63) is 36.0 Å². The molecule has 3 amide bonds. The van der Waals surface area contributed by atoms with Crippen molar-refractivity contribution in [1.29, 1.82) is 0 Å². The number of amides is 3. The standard InChI is InChI=1S/C26H39N5O5/c1-6-15(4)22(31-23(32)16(5)27)25(34)29-20(11-14(2)3)24(33)30-21(26(35)36)12-17-13-28-19-10-8-7-9-18(17)19/h7-10,13-16,20-22,28H,6,11-12,27H2,1-5H3,(H,29,34)(H,30,33)(H,31,32)(H,35,36). The molecule has 0 saturated carbocycles. The molecule has 10 nitrogen and oxygen atoms in total. The van der Waals surface area contributed by atoms with Crippen LogP contribution in [-0.4, -0.2) is 57.9 Å². The van der Waals surface area contributed by atoms with E-state index in [1.54, 1.807) is 6.20 Å². The molecule has 0 aliphatic heterocycles. The molecule has 198 valence electrons. The summed E-state index contributed by atoms with van der Waals surface area (Å²) >= 11 is 0. The van der Waals surface area contributed by atoms with E-state index in [4.69, 9.17) is 5.73 Å². The first-order chi connectivity index (χ1) is 16.9. The number of rotatable bonds is 13. The van der Waals surface area contributed by atoms with E-state index in [0.717, 1.165) is 16.5 Å². The van der Waals surface area contributed by atoms with Crippen LogP contribution in [0.4, 0.5) is 0 Å². The lowest BCUT2D eigenvalue weighted by atomic mass is 9.96.